The largest absolute Gasteiger partial charge is 0.491 e. The van der Waals surface area contributed by atoms with Crippen molar-refractivity contribution in [3.8, 4) is 5.75 Å². The summed E-state index contributed by atoms with van der Waals surface area (Å²) in [6.07, 6.45) is 9.82. The molecule has 1 aromatic rings. The van der Waals surface area contributed by atoms with E-state index in [1.807, 2.05) is 0 Å². The third-order valence-electron chi connectivity index (χ3n) is 3.46. The zero-order valence-electron chi connectivity index (χ0n) is 12.8. The van der Waals surface area contributed by atoms with Gasteiger partial charge in [-0.3, -0.25) is 10.1 Å². The maximum atomic E-state index is 10.7. The predicted molar refractivity (Wildman–Crippen MR) is 85.6 cm³/mol. The molecule has 0 amide bonds. The molecule has 0 spiro atoms. The summed E-state index contributed by atoms with van der Waals surface area (Å²) in [5.74, 6) is 0.409. The molecule has 118 valence electrons. The fraction of sp³-hybridized carbons (Fsp3) is 0.625. The molecule has 1 aromatic carbocycles. The molecule has 0 aliphatic heterocycles. The summed E-state index contributed by atoms with van der Waals surface area (Å²) >= 11 is 0. The Morgan fingerprint density at radius 2 is 1.71 bits per heavy atom. The molecule has 0 radical (unpaired) electrons. The summed E-state index contributed by atoms with van der Waals surface area (Å²) < 4.78 is 5.54. The van der Waals surface area contributed by atoms with Crippen LogP contribution in [0.25, 0.3) is 0 Å². The lowest BCUT2D eigenvalue weighted by molar-refractivity contribution is -0.384. The average molecular weight is 294 g/mol. The number of anilines is 1. The summed E-state index contributed by atoms with van der Waals surface area (Å²) in [4.78, 5) is 10.3. The SMILES string of the molecule is CCCCCCCCCCOc1cc([N+](=O)[O-])ccc1N. The van der Waals surface area contributed by atoms with E-state index in [-0.39, 0.29) is 5.69 Å². The van der Waals surface area contributed by atoms with Gasteiger partial charge in [-0.2, -0.15) is 0 Å². The van der Waals surface area contributed by atoms with E-state index in [1.54, 1.807) is 0 Å². The highest BCUT2D eigenvalue weighted by molar-refractivity contribution is 5.57. The van der Waals surface area contributed by atoms with Crippen molar-refractivity contribution < 1.29 is 9.66 Å². The van der Waals surface area contributed by atoms with E-state index >= 15 is 0 Å². The number of non-ortho nitro benzene ring substituents is 1. The monoisotopic (exact) mass is 294 g/mol. The summed E-state index contributed by atoms with van der Waals surface area (Å²) in [5, 5.41) is 10.7. The van der Waals surface area contributed by atoms with Crippen LogP contribution in [-0.2, 0) is 0 Å². The molecule has 5 heteroatoms. The topological polar surface area (TPSA) is 78.4 Å². The average Bonchev–Trinajstić information content (AvgIpc) is 2.47. The molecule has 0 aliphatic carbocycles. The smallest absolute Gasteiger partial charge is 0.273 e. The van der Waals surface area contributed by atoms with Crippen LogP contribution in [0.2, 0.25) is 0 Å². The van der Waals surface area contributed by atoms with E-state index in [9.17, 15) is 10.1 Å². The van der Waals surface area contributed by atoms with Crippen LogP contribution in [0.4, 0.5) is 11.4 Å². The van der Waals surface area contributed by atoms with Gasteiger partial charge in [0.15, 0.2) is 0 Å². The van der Waals surface area contributed by atoms with Gasteiger partial charge in [0.1, 0.15) is 5.75 Å². The van der Waals surface area contributed by atoms with E-state index in [0.29, 0.717) is 18.0 Å². The number of hydrogen-bond acceptors (Lipinski definition) is 4. The standard InChI is InChI=1S/C16H26N2O3/c1-2-3-4-5-6-7-8-9-12-21-16-13-14(18(19)20)10-11-15(16)17/h10-11,13H,2-9,12,17H2,1H3. The zero-order chi connectivity index (χ0) is 15.5. The number of ether oxygens (including phenoxy) is 1. The van der Waals surface area contributed by atoms with E-state index in [1.165, 1.54) is 56.7 Å². The Balaban J connectivity index is 2.18. The zero-order valence-corrected chi connectivity index (χ0v) is 12.8. The van der Waals surface area contributed by atoms with Gasteiger partial charge in [-0.15, -0.1) is 0 Å². The quantitative estimate of drug-likeness (QED) is 0.278. The van der Waals surface area contributed by atoms with Crippen LogP contribution in [0, 0.1) is 10.1 Å². The van der Waals surface area contributed by atoms with Crippen LogP contribution in [0.5, 0.6) is 5.75 Å². The first-order valence-corrected chi connectivity index (χ1v) is 7.82. The van der Waals surface area contributed by atoms with Gasteiger partial charge in [-0.05, 0) is 12.5 Å². The fourth-order valence-corrected chi connectivity index (χ4v) is 2.18. The minimum absolute atomic E-state index is 0.00937. The van der Waals surface area contributed by atoms with Gasteiger partial charge in [0.25, 0.3) is 5.69 Å². The number of nitro groups is 1. The van der Waals surface area contributed by atoms with Gasteiger partial charge >= 0.3 is 0 Å². The molecular formula is C16H26N2O3. The van der Waals surface area contributed by atoms with Crippen LogP contribution in [0.15, 0.2) is 18.2 Å². The summed E-state index contributed by atoms with van der Waals surface area (Å²) in [5.41, 5.74) is 6.20. The first-order chi connectivity index (χ1) is 10.1. The third-order valence-corrected chi connectivity index (χ3v) is 3.46. The summed E-state index contributed by atoms with van der Waals surface area (Å²) in [6, 6.07) is 4.29. The van der Waals surface area contributed by atoms with Crippen LogP contribution < -0.4 is 10.5 Å². The van der Waals surface area contributed by atoms with E-state index < -0.39 is 4.92 Å². The molecule has 2 N–H and O–H groups in total. The number of rotatable bonds is 11. The van der Waals surface area contributed by atoms with Gasteiger partial charge in [0, 0.05) is 6.07 Å². The normalized spacial score (nSPS) is 10.5. The molecule has 0 heterocycles. The molecule has 5 nitrogen and oxygen atoms in total. The van der Waals surface area contributed by atoms with Crippen molar-refractivity contribution in [1.82, 2.24) is 0 Å². The molecule has 0 aliphatic rings. The Morgan fingerprint density at radius 3 is 2.33 bits per heavy atom. The van der Waals surface area contributed by atoms with Crippen molar-refractivity contribution in [1.29, 1.82) is 0 Å². The van der Waals surface area contributed by atoms with Crippen molar-refractivity contribution in [3.05, 3.63) is 28.3 Å². The van der Waals surface area contributed by atoms with Crippen molar-refractivity contribution in [3.63, 3.8) is 0 Å². The van der Waals surface area contributed by atoms with Crippen LogP contribution in [0.1, 0.15) is 58.3 Å². The fourth-order valence-electron chi connectivity index (χ4n) is 2.18. The highest BCUT2D eigenvalue weighted by Gasteiger charge is 2.09. The summed E-state index contributed by atoms with van der Waals surface area (Å²) in [6.45, 7) is 2.78. The molecular weight excluding hydrogens is 268 g/mol. The molecule has 0 unspecified atom stereocenters. The molecule has 0 saturated heterocycles. The van der Waals surface area contributed by atoms with Gasteiger partial charge < -0.3 is 10.5 Å². The molecule has 0 saturated carbocycles. The number of nitrogens with zero attached hydrogens (tertiary/aromatic N) is 1. The van der Waals surface area contributed by atoms with Crippen molar-refractivity contribution in [2.45, 2.75) is 58.3 Å². The Hall–Kier alpha value is -1.78. The maximum absolute atomic E-state index is 10.7. The number of nitro benzene ring substituents is 1. The number of nitrogen functional groups attached to an aromatic ring is 1. The van der Waals surface area contributed by atoms with Gasteiger partial charge in [0.05, 0.1) is 23.3 Å². The Labute approximate surface area is 126 Å². The van der Waals surface area contributed by atoms with Gasteiger partial charge in [0.2, 0.25) is 0 Å². The second-order valence-electron chi connectivity index (χ2n) is 5.30. The lowest BCUT2D eigenvalue weighted by atomic mass is 10.1. The van der Waals surface area contributed by atoms with E-state index in [4.69, 9.17) is 10.5 Å². The van der Waals surface area contributed by atoms with E-state index in [2.05, 4.69) is 6.92 Å². The maximum Gasteiger partial charge on any atom is 0.273 e. The highest BCUT2D eigenvalue weighted by Crippen LogP contribution is 2.26. The molecule has 1 rings (SSSR count). The highest BCUT2D eigenvalue weighted by atomic mass is 16.6. The number of hydrogen-bond donors (Lipinski definition) is 1. The van der Waals surface area contributed by atoms with Crippen LogP contribution in [0.3, 0.4) is 0 Å². The lowest BCUT2D eigenvalue weighted by Crippen LogP contribution is -2.01. The lowest BCUT2D eigenvalue weighted by Gasteiger charge is -2.08. The third kappa shape index (κ3) is 6.97. The number of unbranched alkanes of at least 4 members (excludes halogenated alkanes) is 7. The molecule has 0 atom stereocenters. The Kier molecular flexibility index (Phi) is 8.24. The first kappa shape index (κ1) is 17.3. The number of benzene rings is 1. The Morgan fingerprint density at radius 1 is 1.10 bits per heavy atom. The number of nitrogens with two attached hydrogens (primary N) is 1. The van der Waals surface area contributed by atoms with Crippen molar-refractivity contribution in [2.75, 3.05) is 12.3 Å². The Bertz CT molecular complexity index is 436. The van der Waals surface area contributed by atoms with Crippen LogP contribution in [-0.4, -0.2) is 11.5 Å². The second kappa shape index (κ2) is 10.0. The summed E-state index contributed by atoms with van der Waals surface area (Å²) in [7, 11) is 0. The minimum Gasteiger partial charge on any atom is -0.491 e. The predicted octanol–water partition coefficient (Wildman–Crippen LogP) is 4.70. The minimum atomic E-state index is -0.442. The van der Waals surface area contributed by atoms with E-state index in [0.717, 1.165) is 12.8 Å². The molecule has 21 heavy (non-hydrogen) atoms. The van der Waals surface area contributed by atoms with Gasteiger partial charge in [-0.25, -0.2) is 0 Å². The van der Waals surface area contributed by atoms with Crippen molar-refractivity contribution >= 4 is 11.4 Å². The molecule has 0 aromatic heterocycles. The van der Waals surface area contributed by atoms with Gasteiger partial charge in [-0.1, -0.05) is 51.9 Å². The molecule has 0 bridgehead atoms. The van der Waals surface area contributed by atoms with Crippen LogP contribution >= 0.6 is 0 Å². The second-order valence-corrected chi connectivity index (χ2v) is 5.30. The van der Waals surface area contributed by atoms with Crippen molar-refractivity contribution in [2.24, 2.45) is 0 Å². The first-order valence-electron chi connectivity index (χ1n) is 7.82. The molecule has 0 fully saturated rings.